The predicted molar refractivity (Wildman–Crippen MR) is 68.8 cm³/mol. The lowest BCUT2D eigenvalue weighted by Crippen LogP contribution is -2.24. The summed E-state index contributed by atoms with van der Waals surface area (Å²) >= 11 is 1.79. The van der Waals surface area contributed by atoms with Crippen LogP contribution in [0.2, 0.25) is 0 Å². The second kappa shape index (κ2) is 5.75. The molecule has 0 spiro atoms. The summed E-state index contributed by atoms with van der Waals surface area (Å²) in [5, 5.41) is 6.74. The zero-order valence-corrected chi connectivity index (χ0v) is 11.0. The van der Waals surface area contributed by atoms with Gasteiger partial charge in [-0.05, 0) is 38.9 Å². The summed E-state index contributed by atoms with van der Waals surface area (Å²) in [5.41, 5.74) is 1.26. The van der Waals surface area contributed by atoms with Gasteiger partial charge in [-0.3, -0.25) is 4.90 Å². The topological polar surface area (TPSA) is 28.2 Å². The van der Waals surface area contributed by atoms with Crippen molar-refractivity contribution in [3.8, 4) is 0 Å². The van der Waals surface area contributed by atoms with Gasteiger partial charge >= 0.3 is 0 Å². The van der Waals surface area contributed by atoms with Gasteiger partial charge in [0, 0.05) is 18.5 Å². The van der Waals surface area contributed by atoms with Crippen molar-refractivity contribution in [1.29, 1.82) is 0 Å². The van der Waals surface area contributed by atoms with Gasteiger partial charge in [-0.25, -0.2) is 4.98 Å². The Morgan fingerprint density at radius 3 is 3.19 bits per heavy atom. The number of nitrogens with zero attached hydrogens (tertiary/aromatic N) is 2. The quantitative estimate of drug-likeness (QED) is 0.848. The minimum Gasteiger partial charge on any atom is -0.319 e. The summed E-state index contributed by atoms with van der Waals surface area (Å²) < 4.78 is 0. The monoisotopic (exact) mass is 239 g/mol. The molecule has 1 aliphatic rings. The van der Waals surface area contributed by atoms with Gasteiger partial charge in [0.25, 0.3) is 0 Å². The van der Waals surface area contributed by atoms with E-state index in [-0.39, 0.29) is 0 Å². The van der Waals surface area contributed by atoms with Gasteiger partial charge in [0.05, 0.1) is 10.7 Å². The Kier molecular flexibility index (Phi) is 4.32. The second-order valence-electron chi connectivity index (χ2n) is 4.53. The summed E-state index contributed by atoms with van der Waals surface area (Å²) in [5.74, 6) is 0.828. The van der Waals surface area contributed by atoms with Crippen LogP contribution in [-0.2, 0) is 13.0 Å². The lowest BCUT2D eigenvalue weighted by molar-refractivity contribution is 0.312. The number of aromatic nitrogens is 1. The van der Waals surface area contributed by atoms with Crippen LogP contribution in [0.25, 0.3) is 0 Å². The van der Waals surface area contributed by atoms with Gasteiger partial charge in [-0.15, -0.1) is 11.3 Å². The Morgan fingerprint density at radius 2 is 2.50 bits per heavy atom. The normalized spacial score (nSPS) is 21.8. The Morgan fingerprint density at radius 1 is 1.62 bits per heavy atom. The Labute approximate surface area is 102 Å². The van der Waals surface area contributed by atoms with Crippen LogP contribution in [0.5, 0.6) is 0 Å². The van der Waals surface area contributed by atoms with Gasteiger partial charge in [-0.1, -0.05) is 6.92 Å². The molecular weight excluding hydrogens is 218 g/mol. The van der Waals surface area contributed by atoms with Crippen molar-refractivity contribution >= 4 is 11.3 Å². The minimum atomic E-state index is 0.828. The average molecular weight is 239 g/mol. The van der Waals surface area contributed by atoms with Crippen molar-refractivity contribution in [2.75, 3.05) is 26.7 Å². The van der Waals surface area contributed by atoms with Crippen molar-refractivity contribution in [3.63, 3.8) is 0 Å². The molecule has 1 saturated heterocycles. The largest absolute Gasteiger partial charge is 0.319 e. The predicted octanol–water partition coefficient (Wildman–Crippen LogP) is 1.75. The van der Waals surface area contributed by atoms with Gasteiger partial charge in [-0.2, -0.15) is 0 Å². The molecule has 3 nitrogen and oxygen atoms in total. The molecule has 2 rings (SSSR count). The molecule has 1 aliphatic heterocycles. The smallest absolute Gasteiger partial charge is 0.0926 e. The maximum atomic E-state index is 4.62. The fourth-order valence-electron chi connectivity index (χ4n) is 2.32. The molecule has 0 saturated carbocycles. The van der Waals surface area contributed by atoms with E-state index in [2.05, 4.69) is 27.5 Å². The molecule has 0 aromatic carbocycles. The maximum Gasteiger partial charge on any atom is 0.0926 e. The number of rotatable bonds is 5. The van der Waals surface area contributed by atoms with Gasteiger partial charge < -0.3 is 5.32 Å². The summed E-state index contributed by atoms with van der Waals surface area (Å²) in [4.78, 5) is 7.15. The lowest BCUT2D eigenvalue weighted by atomic mass is 10.1. The molecule has 1 unspecified atom stereocenters. The highest BCUT2D eigenvalue weighted by Crippen LogP contribution is 2.19. The van der Waals surface area contributed by atoms with E-state index in [4.69, 9.17) is 0 Å². The van der Waals surface area contributed by atoms with Crippen LogP contribution < -0.4 is 5.32 Å². The fraction of sp³-hybridized carbons (Fsp3) is 0.750. The summed E-state index contributed by atoms with van der Waals surface area (Å²) in [6.07, 6.45) is 2.39. The number of hydrogen-bond donors (Lipinski definition) is 1. The number of nitrogens with one attached hydrogen (secondary N) is 1. The van der Waals surface area contributed by atoms with Crippen LogP contribution >= 0.6 is 11.3 Å². The van der Waals surface area contributed by atoms with Crippen LogP contribution in [0.4, 0.5) is 0 Å². The molecule has 0 aliphatic carbocycles. The van der Waals surface area contributed by atoms with Crippen LogP contribution in [0.3, 0.4) is 0 Å². The zero-order valence-electron chi connectivity index (χ0n) is 10.2. The molecule has 1 aromatic heterocycles. The second-order valence-corrected chi connectivity index (χ2v) is 5.48. The molecule has 0 radical (unpaired) electrons. The van der Waals surface area contributed by atoms with E-state index >= 15 is 0 Å². The molecule has 2 heterocycles. The molecule has 1 atom stereocenters. The standard InChI is InChI=1S/C12H21N3S/c1-3-12-14-11(9-16-12)8-15-5-4-10(7-15)6-13-2/h9-10,13H,3-8H2,1-2H3. The number of hydrogen-bond acceptors (Lipinski definition) is 4. The third-order valence-electron chi connectivity index (χ3n) is 3.15. The minimum absolute atomic E-state index is 0.828. The number of aryl methyl sites for hydroxylation is 1. The summed E-state index contributed by atoms with van der Waals surface area (Å²) in [7, 11) is 2.04. The highest BCUT2D eigenvalue weighted by atomic mass is 32.1. The summed E-state index contributed by atoms with van der Waals surface area (Å²) in [6.45, 7) is 6.80. The van der Waals surface area contributed by atoms with Gasteiger partial charge in [0.2, 0.25) is 0 Å². The van der Waals surface area contributed by atoms with E-state index in [1.807, 2.05) is 7.05 Å². The van der Waals surface area contributed by atoms with Crippen LogP contribution in [-0.4, -0.2) is 36.6 Å². The molecule has 1 aromatic rings. The van der Waals surface area contributed by atoms with E-state index in [0.29, 0.717) is 0 Å². The molecule has 1 N–H and O–H groups in total. The van der Waals surface area contributed by atoms with Gasteiger partial charge in [0.15, 0.2) is 0 Å². The van der Waals surface area contributed by atoms with Crippen molar-refractivity contribution in [3.05, 3.63) is 16.1 Å². The molecular formula is C12H21N3S. The summed E-state index contributed by atoms with van der Waals surface area (Å²) in [6, 6.07) is 0. The Balaban J connectivity index is 1.82. The third-order valence-corrected chi connectivity index (χ3v) is 4.19. The first-order chi connectivity index (χ1) is 7.81. The molecule has 0 bridgehead atoms. The molecule has 0 amide bonds. The molecule has 16 heavy (non-hydrogen) atoms. The third kappa shape index (κ3) is 3.03. The van der Waals surface area contributed by atoms with E-state index in [1.54, 1.807) is 11.3 Å². The van der Waals surface area contributed by atoms with Crippen LogP contribution in [0, 0.1) is 5.92 Å². The first kappa shape index (κ1) is 12.0. The van der Waals surface area contributed by atoms with Crippen molar-refractivity contribution in [2.24, 2.45) is 5.92 Å². The van der Waals surface area contributed by atoms with E-state index < -0.39 is 0 Å². The van der Waals surface area contributed by atoms with Crippen LogP contribution in [0.15, 0.2) is 5.38 Å². The van der Waals surface area contributed by atoms with Gasteiger partial charge in [0.1, 0.15) is 0 Å². The number of thiazole rings is 1. The first-order valence-corrected chi connectivity index (χ1v) is 7.00. The maximum absolute atomic E-state index is 4.62. The molecule has 1 fully saturated rings. The number of likely N-dealkylation sites (tertiary alicyclic amines) is 1. The molecule has 90 valence electrons. The highest BCUT2D eigenvalue weighted by molar-refractivity contribution is 7.09. The van der Waals surface area contributed by atoms with E-state index in [9.17, 15) is 0 Å². The SMILES string of the molecule is CCc1nc(CN2CCC(CNC)C2)cs1. The van der Waals surface area contributed by atoms with Crippen molar-refractivity contribution in [1.82, 2.24) is 15.2 Å². The fourth-order valence-corrected chi connectivity index (χ4v) is 3.06. The zero-order chi connectivity index (χ0) is 11.4. The Bertz CT molecular complexity index is 324. The highest BCUT2D eigenvalue weighted by Gasteiger charge is 2.22. The molecule has 4 heteroatoms. The Hall–Kier alpha value is -0.450. The van der Waals surface area contributed by atoms with Crippen LogP contribution in [0.1, 0.15) is 24.0 Å². The van der Waals surface area contributed by atoms with Crippen molar-refractivity contribution in [2.45, 2.75) is 26.3 Å². The van der Waals surface area contributed by atoms with E-state index in [1.165, 1.54) is 30.2 Å². The first-order valence-electron chi connectivity index (χ1n) is 6.12. The lowest BCUT2D eigenvalue weighted by Gasteiger charge is -2.14. The average Bonchev–Trinajstić information content (AvgIpc) is 2.89. The van der Waals surface area contributed by atoms with E-state index in [0.717, 1.165) is 25.4 Å². The van der Waals surface area contributed by atoms with Crippen molar-refractivity contribution < 1.29 is 0 Å².